The van der Waals surface area contributed by atoms with E-state index in [1.54, 1.807) is 19.1 Å². The molecule has 2 aromatic rings. The van der Waals surface area contributed by atoms with Crippen molar-refractivity contribution < 1.29 is 9.90 Å². The van der Waals surface area contributed by atoms with Gasteiger partial charge in [0.25, 0.3) is 0 Å². The monoisotopic (exact) mass is 462 g/mol. The van der Waals surface area contributed by atoms with Gasteiger partial charge in [-0.05, 0) is 49.2 Å². The van der Waals surface area contributed by atoms with Gasteiger partial charge >= 0.3 is 5.97 Å². The van der Waals surface area contributed by atoms with Crippen LogP contribution >= 0.6 is 47.8 Å². The highest BCUT2D eigenvalue weighted by atomic mass is 79.9. The zero-order valence-electron chi connectivity index (χ0n) is 11.0. The number of aromatic carboxylic acids is 1. The van der Waals surface area contributed by atoms with Gasteiger partial charge in [-0.1, -0.05) is 59.9 Å². The number of carbonyl (C=O) groups is 1. The van der Waals surface area contributed by atoms with Crippen molar-refractivity contribution in [3.8, 4) is 0 Å². The zero-order chi connectivity index (χ0) is 15.3. The van der Waals surface area contributed by atoms with Crippen LogP contribution in [-0.4, -0.2) is 11.1 Å². The molecule has 0 amide bonds. The van der Waals surface area contributed by atoms with Crippen molar-refractivity contribution in [3.63, 3.8) is 0 Å². The molecule has 0 saturated heterocycles. The van der Waals surface area contributed by atoms with Gasteiger partial charge in [0, 0.05) is 13.4 Å². The first kappa shape index (κ1) is 17.4. The van der Waals surface area contributed by atoms with Crippen LogP contribution in [0.15, 0.2) is 49.8 Å². The molecular weight excluding hydrogens is 452 g/mol. The highest BCUT2D eigenvalue weighted by molar-refractivity contribution is 9.11. The van der Waals surface area contributed by atoms with Crippen molar-refractivity contribution in [3.05, 3.63) is 66.5 Å². The van der Waals surface area contributed by atoms with E-state index in [1.165, 1.54) is 5.56 Å². The Balaban J connectivity index is 0.000000204. The minimum atomic E-state index is -0.885. The molecule has 0 heterocycles. The summed E-state index contributed by atoms with van der Waals surface area (Å²) >= 11 is 10.1. The van der Waals surface area contributed by atoms with Crippen LogP contribution in [0.2, 0.25) is 0 Å². The van der Waals surface area contributed by atoms with Crippen LogP contribution < -0.4 is 0 Å². The van der Waals surface area contributed by atoms with Crippen molar-refractivity contribution in [2.24, 2.45) is 0 Å². The first-order valence-corrected chi connectivity index (χ1v) is 8.11. The maximum atomic E-state index is 10.6. The molecule has 0 fully saturated rings. The molecule has 5 heteroatoms. The number of carboxylic acid groups (broad SMARTS) is 1. The molecule has 0 radical (unpaired) electrons. The molecule has 0 unspecified atom stereocenters. The highest BCUT2D eigenvalue weighted by Crippen LogP contribution is 2.23. The summed E-state index contributed by atoms with van der Waals surface area (Å²) in [7, 11) is 0. The molecular formula is C15H13Br3O2. The number of rotatable bonds is 1. The predicted octanol–water partition coefficient (Wildman–Crippen LogP) is 5.98. The van der Waals surface area contributed by atoms with E-state index in [4.69, 9.17) is 5.11 Å². The Morgan fingerprint density at radius 1 is 0.850 bits per heavy atom. The minimum absolute atomic E-state index is 0.347. The van der Waals surface area contributed by atoms with Crippen LogP contribution in [0.25, 0.3) is 0 Å². The fourth-order valence-corrected chi connectivity index (χ4v) is 2.78. The molecule has 0 bridgehead atoms. The van der Waals surface area contributed by atoms with Crippen LogP contribution in [0.5, 0.6) is 0 Å². The SMILES string of the molecule is Cc1c(Br)cccc1Br.Cc1c(Br)cccc1C(=O)O. The van der Waals surface area contributed by atoms with E-state index in [0.717, 1.165) is 19.0 Å². The van der Waals surface area contributed by atoms with E-state index in [2.05, 4.69) is 54.7 Å². The molecule has 1 N–H and O–H groups in total. The first-order valence-electron chi connectivity index (χ1n) is 5.73. The molecule has 2 nitrogen and oxygen atoms in total. The molecule has 106 valence electrons. The summed E-state index contributed by atoms with van der Waals surface area (Å²) in [5.41, 5.74) is 2.36. The van der Waals surface area contributed by atoms with Crippen molar-refractivity contribution in [1.82, 2.24) is 0 Å². The van der Waals surface area contributed by atoms with Crippen molar-refractivity contribution >= 4 is 53.8 Å². The Kier molecular flexibility index (Phi) is 6.92. The Bertz CT molecular complexity index is 604. The summed E-state index contributed by atoms with van der Waals surface area (Å²) in [6, 6.07) is 11.2. The lowest BCUT2D eigenvalue weighted by Crippen LogP contribution is -1.99. The van der Waals surface area contributed by atoms with E-state index in [1.807, 2.05) is 24.3 Å². The number of carboxylic acids is 1. The van der Waals surface area contributed by atoms with Crippen LogP contribution in [-0.2, 0) is 0 Å². The van der Waals surface area contributed by atoms with Gasteiger partial charge in [-0.2, -0.15) is 0 Å². The van der Waals surface area contributed by atoms with Gasteiger partial charge in [0.1, 0.15) is 0 Å². The number of halogens is 3. The second-order valence-electron chi connectivity index (χ2n) is 4.06. The maximum absolute atomic E-state index is 10.6. The van der Waals surface area contributed by atoms with Gasteiger partial charge in [0.05, 0.1) is 5.56 Å². The van der Waals surface area contributed by atoms with Gasteiger partial charge in [0.2, 0.25) is 0 Å². The summed E-state index contributed by atoms with van der Waals surface area (Å²) in [4.78, 5) is 10.6. The maximum Gasteiger partial charge on any atom is 0.335 e. The second-order valence-corrected chi connectivity index (χ2v) is 6.63. The molecule has 2 rings (SSSR count). The molecule has 0 aromatic heterocycles. The van der Waals surface area contributed by atoms with Gasteiger partial charge < -0.3 is 5.11 Å². The molecule has 2 aromatic carbocycles. The van der Waals surface area contributed by atoms with Gasteiger partial charge in [-0.3, -0.25) is 0 Å². The Labute approximate surface area is 143 Å². The first-order chi connectivity index (χ1) is 9.34. The van der Waals surface area contributed by atoms with Crippen LogP contribution in [0.3, 0.4) is 0 Å². The summed E-state index contributed by atoms with van der Waals surface area (Å²) in [6.07, 6.45) is 0. The van der Waals surface area contributed by atoms with Crippen LogP contribution in [0, 0.1) is 13.8 Å². The molecule has 0 aliphatic rings. The van der Waals surface area contributed by atoms with Crippen LogP contribution in [0.1, 0.15) is 21.5 Å². The number of benzene rings is 2. The Hall–Kier alpha value is -0.650. The Morgan fingerprint density at radius 3 is 1.60 bits per heavy atom. The molecule has 0 aliphatic carbocycles. The molecule has 0 spiro atoms. The fraction of sp³-hybridized carbons (Fsp3) is 0.133. The lowest BCUT2D eigenvalue weighted by Gasteiger charge is -2.00. The van der Waals surface area contributed by atoms with Crippen molar-refractivity contribution in [1.29, 1.82) is 0 Å². The van der Waals surface area contributed by atoms with Crippen molar-refractivity contribution in [2.45, 2.75) is 13.8 Å². The van der Waals surface area contributed by atoms with E-state index in [-0.39, 0.29) is 0 Å². The van der Waals surface area contributed by atoms with E-state index >= 15 is 0 Å². The molecule has 0 aliphatic heterocycles. The summed E-state index contributed by atoms with van der Waals surface area (Å²) < 4.78 is 3.13. The lowest BCUT2D eigenvalue weighted by atomic mass is 10.1. The predicted molar refractivity (Wildman–Crippen MR) is 92.4 cm³/mol. The quantitative estimate of drug-likeness (QED) is 0.564. The highest BCUT2D eigenvalue weighted by Gasteiger charge is 2.07. The molecule has 20 heavy (non-hydrogen) atoms. The van der Waals surface area contributed by atoms with E-state index < -0.39 is 5.97 Å². The number of hydrogen-bond donors (Lipinski definition) is 1. The second kappa shape index (κ2) is 7.96. The lowest BCUT2D eigenvalue weighted by molar-refractivity contribution is 0.0696. The smallest absolute Gasteiger partial charge is 0.335 e. The standard InChI is InChI=1S/C8H7BrO2.C7H6Br2/c1-5-6(8(10)11)3-2-4-7(5)9;1-5-6(8)3-2-4-7(5)9/h2-4H,1H3,(H,10,11);2-4H,1H3. The van der Waals surface area contributed by atoms with Gasteiger partial charge in [-0.25, -0.2) is 4.79 Å². The third-order valence-electron chi connectivity index (χ3n) is 2.70. The minimum Gasteiger partial charge on any atom is -0.478 e. The van der Waals surface area contributed by atoms with Crippen LogP contribution in [0.4, 0.5) is 0 Å². The largest absolute Gasteiger partial charge is 0.478 e. The molecule has 0 saturated carbocycles. The van der Waals surface area contributed by atoms with Gasteiger partial charge in [-0.15, -0.1) is 0 Å². The average Bonchev–Trinajstić information content (AvgIpc) is 2.39. The van der Waals surface area contributed by atoms with E-state index in [9.17, 15) is 4.79 Å². The summed E-state index contributed by atoms with van der Waals surface area (Å²) in [6.45, 7) is 3.84. The summed E-state index contributed by atoms with van der Waals surface area (Å²) in [5, 5.41) is 8.67. The average molecular weight is 465 g/mol. The Morgan fingerprint density at radius 2 is 1.25 bits per heavy atom. The number of hydrogen-bond acceptors (Lipinski definition) is 1. The topological polar surface area (TPSA) is 37.3 Å². The normalized spacial score (nSPS) is 9.65. The third kappa shape index (κ3) is 4.72. The molecule has 0 atom stereocenters. The summed E-state index contributed by atoms with van der Waals surface area (Å²) in [5.74, 6) is -0.885. The zero-order valence-corrected chi connectivity index (χ0v) is 15.7. The van der Waals surface area contributed by atoms with Gasteiger partial charge in [0.15, 0.2) is 0 Å². The third-order valence-corrected chi connectivity index (χ3v) is 5.28. The van der Waals surface area contributed by atoms with Crippen molar-refractivity contribution in [2.75, 3.05) is 0 Å². The van der Waals surface area contributed by atoms with E-state index in [0.29, 0.717) is 5.56 Å². The fourth-order valence-electron chi connectivity index (χ4n) is 1.42.